The van der Waals surface area contributed by atoms with Gasteiger partial charge in [-0.1, -0.05) is 30.3 Å². The van der Waals surface area contributed by atoms with Crippen molar-refractivity contribution in [2.75, 3.05) is 18.4 Å². The number of nitrogens with zero attached hydrogens (tertiary/aromatic N) is 1. The number of aromatic nitrogens is 1. The third-order valence-corrected chi connectivity index (χ3v) is 8.99. The lowest BCUT2D eigenvalue weighted by molar-refractivity contribution is -0.110. The summed E-state index contributed by atoms with van der Waals surface area (Å²) in [6.45, 7) is 13.5. The van der Waals surface area contributed by atoms with Gasteiger partial charge in [0.15, 0.2) is 9.84 Å². The number of sulfone groups is 1. The average Bonchev–Trinajstić information content (AvgIpc) is 3.35. The molecule has 4 rings (SSSR count). The molecule has 9 heteroatoms. The Labute approximate surface area is 236 Å². The normalized spacial score (nSPS) is 14.3. The van der Waals surface area contributed by atoms with Crippen LogP contribution in [0.5, 0.6) is 0 Å². The Morgan fingerprint density at radius 3 is 2.35 bits per heavy atom. The van der Waals surface area contributed by atoms with Crippen LogP contribution in [0.4, 0.5) is 5.69 Å². The summed E-state index contributed by atoms with van der Waals surface area (Å²) in [5.74, 6) is -0.631. The van der Waals surface area contributed by atoms with Crippen LogP contribution in [-0.2, 0) is 20.4 Å². The summed E-state index contributed by atoms with van der Waals surface area (Å²) in [7, 11) is -3.63. The van der Waals surface area contributed by atoms with Gasteiger partial charge in [0, 0.05) is 47.8 Å². The van der Waals surface area contributed by atoms with E-state index in [1.807, 2.05) is 19.9 Å². The maximum absolute atomic E-state index is 13.1. The zero-order valence-corrected chi connectivity index (χ0v) is 24.8. The van der Waals surface area contributed by atoms with E-state index in [1.54, 1.807) is 42.5 Å². The smallest absolute Gasteiger partial charge is 0.256 e. The van der Waals surface area contributed by atoms with Crippen LogP contribution in [0, 0.1) is 13.8 Å². The number of nitrogens with one attached hydrogen (secondary N) is 3. The molecular weight excluding hydrogens is 524 g/mol. The first-order valence-corrected chi connectivity index (χ1v) is 15.2. The van der Waals surface area contributed by atoms with E-state index in [4.69, 9.17) is 0 Å². The zero-order valence-electron chi connectivity index (χ0n) is 24.0. The largest absolute Gasteiger partial charge is 0.358 e. The van der Waals surface area contributed by atoms with Crippen molar-refractivity contribution in [3.05, 3.63) is 82.2 Å². The molecule has 1 aliphatic rings. The number of amides is 2. The van der Waals surface area contributed by atoms with Crippen LogP contribution in [0.15, 0.2) is 53.4 Å². The molecule has 0 radical (unpaired) electrons. The molecule has 0 spiro atoms. The maximum Gasteiger partial charge on any atom is 0.256 e. The number of H-pyrrole nitrogens is 1. The van der Waals surface area contributed by atoms with Gasteiger partial charge < -0.3 is 15.6 Å². The molecule has 0 fully saturated rings. The quantitative estimate of drug-likeness (QED) is 0.303. The van der Waals surface area contributed by atoms with Gasteiger partial charge in [-0.15, -0.1) is 0 Å². The third-order valence-electron chi connectivity index (χ3n) is 7.31. The fraction of sp³-hybridized carbons (Fsp3) is 0.355. The van der Waals surface area contributed by atoms with E-state index in [2.05, 4.69) is 48.2 Å². The number of hydrogen-bond acceptors (Lipinski definition) is 5. The van der Waals surface area contributed by atoms with Crippen LogP contribution < -0.4 is 10.6 Å². The highest BCUT2D eigenvalue weighted by atomic mass is 32.2. The second-order valence-corrected chi connectivity index (χ2v) is 12.8. The summed E-state index contributed by atoms with van der Waals surface area (Å²) in [5, 5.41) is 5.85. The third kappa shape index (κ3) is 6.21. The Kier molecular flexibility index (Phi) is 8.65. The molecule has 0 aliphatic carbocycles. The minimum atomic E-state index is -3.63. The summed E-state index contributed by atoms with van der Waals surface area (Å²) in [5.41, 5.74) is 4.69. The van der Waals surface area contributed by atoms with Crippen LogP contribution >= 0.6 is 0 Å². The van der Waals surface area contributed by atoms with E-state index in [9.17, 15) is 18.0 Å². The summed E-state index contributed by atoms with van der Waals surface area (Å²) in [6, 6.07) is 14.4. The Balaban J connectivity index is 1.58. The minimum Gasteiger partial charge on any atom is -0.358 e. The first-order valence-electron chi connectivity index (χ1n) is 13.6. The number of carbonyl (C=O) groups is 2. The first-order chi connectivity index (χ1) is 18.9. The van der Waals surface area contributed by atoms with E-state index in [1.165, 1.54) is 6.07 Å². The SMILES string of the molecule is Cc1[nH]c(/C=C2\C(=O)Nc3ccc(S(=O)(=O)Cc4ccccc4)cc32)c(C)c1C(=O)NCCN(C(C)C)C(C)C. The summed E-state index contributed by atoms with van der Waals surface area (Å²) in [4.78, 5) is 31.7. The number of aromatic amines is 1. The van der Waals surface area contributed by atoms with Crippen molar-refractivity contribution in [3.63, 3.8) is 0 Å². The van der Waals surface area contributed by atoms with Crippen LogP contribution in [0.25, 0.3) is 11.6 Å². The molecule has 3 N–H and O–H groups in total. The molecule has 8 nitrogen and oxygen atoms in total. The number of benzene rings is 2. The van der Waals surface area contributed by atoms with E-state index < -0.39 is 9.84 Å². The van der Waals surface area contributed by atoms with Gasteiger partial charge in [-0.05, 0) is 76.9 Å². The zero-order chi connectivity index (χ0) is 29.2. The van der Waals surface area contributed by atoms with Crippen LogP contribution in [-0.4, -0.2) is 55.3 Å². The Morgan fingerprint density at radius 1 is 1.02 bits per heavy atom. The van der Waals surface area contributed by atoms with Crippen molar-refractivity contribution >= 4 is 39.0 Å². The van der Waals surface area contributed by atoms with Crippen molar-refractivity contribution in [1.82, 2.24) is 15.2 Å². The molecule has 0 saturated heterocycles. The minimum absolute atomic E-state index is 0.132. The van der Waals surface area contributed by atoms with Gasteiger partial charge in [0.2, 0.25) is 0 Å². The van der Waals surface area contributed by atoms with Crippen molar-refractivity contribution < 1.29 is 18.0 Å². The van der Waals surface area contributed by atoms with Crippen LogP contribution in [0.1, 0.15) is 66.1 Å². The molecule has 0 bridgehead atoms. The number of anilines is 1. The van der Waals surface area contributed by atoms with E-state index in [0.29, 0.717) is 58.0 Å². The lowest BCUT2D eigenvalue weighted by Gasteiger charge is -2.30. The molecule has 2 heterocycles. The highest BCUT2D eigenvalue weighted by molar-refractivity contribution is 7.90. The second-order valence-electron chi connectivity index (χ2n) is 10.8. The molecule has 2 amide bonds. The predicted molar refractivity (Wildman–Crippen MR) is 160 cm³/mol. The Morgan fingerprint density at radius 2 is 1.70 bits per heavy atom. The highest BCUT2D eigenvalue weighted by Gasteiger charge is 2.28. The van der Waals surface area contributed by atoms with Gasteiger partial charge in [0.1, 0.15) is 0 Å². The van der Waals surface area contributed by atoms with Crippen LogP contribution in [0.3, 0.4) is 0 Å². The topological polar surface area (TPSA) is 111 Å². The number of fused-ring (bicyclic) bond motifs is 1. The maximum atomic E-state index is 13.1. The highest BCUT2D eigenvalue weighted by Crippen LogP contribution is 2.36. The van der Waals surface area contributed by atoms with Crippen molar-refractivity contribution in [2.24, 2.45) is 0 Å². The molecule has 40 heavy (non-hydrogen) atoms. The molecule has 0 atom stereocenters. The van der Waals surface area contributed by atoms with Crippen molar-refractivity contribution in [1.29, 1.82) is 0 Å². The van der Waals surface area contributed by atoms with E-state index in [-0.39, 0.29) is 22.5 Å². The van der Waals surface area contributed by atoms with Gasteiger partial charge in [-0.25, -0.2) is 8.42 Å². The number of carbonyl (C=O) groups excluding carboxylic acids is 2. The lowest BCUT2D eigenvalue weighted by atomic mass is 10.0. The standard InChI is InChI=1S/C31H38N4O4S/c1-19(2)35(20(3)4)15-14-32-31(37)29-21(5)28(33-22(29)6)17-26-25-16-24(12-13-27(25)34-30(26)36)40(38,39)18-23-10-8-7-9-11-23/h7-13,16-17,19-20,33H,14-15,18H2,1-6H3,(H,32,37)(H,34,36)/b26-17-. The molecule has 3 aromatic rings. The Bertz CT molecular complexity index is 1550. The van der Waals surface area contributed by atoms with Crippen molar-refractivity contribution in [2.45, 2.75) is 64.3 Å². The van der Waals surface area contributed by atoms with Crippen molar-refractivity contribution in [3.8, 4) is 0 Å². The summed E-state index contributed by atoms with van der Waals surface area (Å²) < 4.78 is 26.3. The molecular formula is C31H38N4O4S. The lowest BCUT2D eigenvalue weighted by Crippen LogP contribution is -2.42. The van der Waals surface area contributed by atoms with E-state index >= 15 is 0 Å². The average molecular weight is 563 g/mol. The van der Waals surface area contributed by atoms with Gasteiger partial charge in [-0.3, -0.25) is 14.5 Å². The van der Waals surface area contributed by atoms with E-state index in [0.717, 1.165) is 12.1 Å². The van der Waals surface area contributed by atoms with Gasteiger partial charge in [0.25, 0.3) is 11.8 Å². The molecule has 0 saturated carbocycles. The molecule has 0 unspecified atom stereocenters. The number of aryl methyl sites for hydroxylation is 1. The predicted octanol–water partition coefficient (Wildman–Crippen LogP) is 4.95. The van der Waals surface area contributed by atoms with Gasteiger partial charge in [-0.2, -0.15) is 0 Å². The molecule has 212 valence electrons. The molecule has 1 aromatic heterocycles. The molecule has 1 aliphatic heterocycles. The number of rotatable bonds is 10. The monoisotopic (exact) mass is 562 g/mol. The van der Waals surface area contributed by atoms with Gasteiger partial charge in [0.05, 0.1) is 21.8 Å². The van der Waals surface area contributed by atoms with Gasteiger partial charge >= 0.3 is 0 Å². The fourth-order valence-corrected chi connectivity index (χ4v) is 6.65. The summed E-state index contributed by atoms with van der Waals surface area (Å²) in [6.07, 6.45) is 1.69. The fourth-order valence-electron chi connectivity index (χ4n) is 5.28. The molecule has 2 aromatic carbocycles. The number of hydrogen-bond donors (Lipinski definition) is 3. The summed E-state index contributed by atoms with van der Waals surface area (Å²) >= 11 is 0. The second kappa shape index (κ2) is 11.8. The Hall–Kier alpha value is -3.69. The van der Waals surface area contributed by atoms with Crippen LogP contribution in [0.2, 0.25) is 0 Å². The first kappa shape index (κ1) is 29.3.